The zero-order chi connectivity index (χ0) is 23.8. The molecule has 3 rings (SSSR count). The van der Waals surface area contributed by atoms with Crippen molar-refractivity contribution in [1.29, 1.82) is 0 Å². The average Bonchev–Trinajstić information content (AvgIpc) is 2.78. The molecule has 0 aliphatic heterocycles. The number of aromatic amines is 1. The van der Waals surface area contributed by atoms with Gasteiger partial charge in [0.1, 0.15) is 11.6 Å². The number of ether oxygens (including phenoxy) is 2. The Morgan fingerprint density at radius 3 is 2.58 bits per heavy atom. The third kappa shape index (κ3) is 6.97. The van der Waals surface area contributed by atoms with Crippen LogP contribution in [0.15, 0.2) is 64.3 Å². The third-order valence-electron chi connectivity index (χ3n) is 4.39. The fraction of sp³-hybridized carbons (Fsp3) is 0.227. The average molecular weight is 473 g/mol. The summed E-state index contributed by atoms with van der Waals surface area (Å²) in [7, 11) is -2.16. The summed E-state index contributed by atoms with van der Waals surface area (Å²) in [5.74, 6) is 0.339. The molecule has 0 unspecified atom stereocenters. The number of aryl methyl sites for hydroxylation is 1. The first-order valence-electron chi connectivity index (χ1n) is 9.96. The maximum absolute atomic E-state index is 12.3. The fourth-order valence-electron chi connectivity index (χ4n) is 2.88. The largest absolute Gasteiger partial charge is 0.484 e. The first kappa shape index (κ1) is 24.1. The van der Waals surface area contributed by atoms with Crippen molar-refractivity contribution in [2.75, 3.05) is 32.2 Å². The van der Waals surface area contributed by atoms with Crippen LogP contribution in [0.5, 0.6) is 5.75 Å². The maximum atomic E-state index is 12.3. The molecule has 0 fully saturated rings. The lowest BCUT2D eigenvalue weighted by Gasteiger charge is -2.10. The molecule has 2 aromatic carbocycles. The molecule has 33 heavy (non-hydrogen) atoms. The van der Waals surface area contributed by atoms with Crippen LogP contribution in [-0.2, 0) is 19.6 Å². The van der Waals surface area contributed by atoms with Crippen LogP contribution in [0.2, 0.25) is 0 Å². The van der Waals surface area contributed by atoms with Crippen molar-refractivity contribution in [1.82, 2.24) is 14.7 Å². The molecule has 1 heterocycles. The second-order valence-corrected chi connectivity index (χ2v) is 8.78. The first-order chi connectivity index (χ1) is 15.8. The summed E-state index contributed by atoms with van der Waals surface area (Å²) in [6.07, 6.45) is 0. The number of aromatic nitrogens is 2. The Kier molecular flexibility index (Phi) is 7.93. The molecule has 3 N–H and O–H groups in total. The van der Waals surface area contributed by atoms with Gasteiger partial charge in [-0.1, -0.05) is 12.1 Å². The summed E-state index contributed by atoms with van der Waals surface area (Å²) in [4.78, 5) is 31.0. The molecule has 10 nitrogen and oxygen atoms in total. The van der Waals surface area contributed by atoms with E-state index >= 15 is 0 Å². The Balaban J connectivity index is 1.58. The van der Waals surface area contributed by atoms with Crippen molar-refractivity contribution in [3.05, 3.63) is 70.6 Å². The summed E-state index contributed by atoms with van der Waals surface area (Å²) < 4.78 is 37.0. The van der Waals surface area contributed by atoms with Gasteiger partial charge in [0.05, 0.1) is 11.5 Å². The van der Waals surface area contributed by atoms with Gasteiger partial charge in [-0.25, -0.2) is 18.1 Å². The highest BCUT2D eigenvalue weighted by Gasteiger charge is 2.13. The summed E-state index contributed by atoms with van der Waals surface area (Å²) in [6, 6.07) is 14.0. The molecule has 1 aromatic heterocycles. The topological polar surface area (TPSA) is 139 Å². The Hall–Kier alpha value is -3.54. The number of anilines is 1. The van der Waals surface area contributed by atoms with Crippen molar-refractivity contribution < 1.29 is 22.7 Å². The monoisotopic (exact) mass is 472 g/mol. The lowest BCUT2D eigenvalue weighted by Crippen LogP contribution is -2.27. The van der Waals surface area contributed by atoms with Crippen molar-refractivity contribution in [3.63, 3.8) is 0 Å². The second kappa shape index (κ2) is 10.9. The number of nitrogens with zero attached hydrogens (tertiary/aromatic N) is 1. The normalized spacial score (nSPS) is 11.2. The van der Waals surface area contributed by atoms with E-state index in [4.69, 9.17) is 9.47 Å². The van der Waals surface area contributed by atoms with Crippen LogP contribution in [0, 0.1) is 6.92 Å². The highest BCUT2D eigenvalue weighted by atomic mass is 32.2. The number of amides is 1. The molecular weight excluding hydrogens is 448 g/mol. The van der Waals surface area contributed by atoms with Gasteiger partial charge in [0.15, 0.2) is 6.61 Å². The van der Waals surface area contributed by atoms with Gasteiger partial charge in [0.25, 0.3) is 11.5 Å². The summed E-state index contributed by atoms with van der Waals surface area (Å²) >= 11 is 0. The van der Waals surface area contributed by atoms with E-state index in [0.29, 0.717) is 28.5 Å². The van der Waals surface area contributed by atoms with E-state index < -0.39 is 15.9 Å². The van der Waals surface area contributed by atoms with Crippen LogP contribution >= 0.6 is 0 Å². The standard InChI is InChI=1S/C22H24N4O6S/c1-15-12-20(27)26-22(24-15)16-4-3-5-17(13-16)25-21(28)14-32-18-6-8-19(9-7-18)33(29,30)23-10-11-31-2/h3-9,12-13,23H,10-11,14H2,1-2H3,(H,25,28)(H,24,26,27). The van der Waals surface area contributed by atoms with E-state index in [1.807, 2.05) is 0 Å². The quantitative estimate of drug-likeness (QED) is 0.382. The number of benzene rings is 2. The lowest BCUT2D eigenvalue weighted by molar-refractivity contribution is -0.118. The number of hydrogen-bond donors (Lipinski definition) is 3. The number of carbonyl (C=O) groups is 1. The van der Waals surface area contributed by atoms with Gasteiger partial charge in [-0.2, -0.15) is 0 Å². The predicted octanol–water partition coefficient (Wildman–Crippen LogP) is 1.69. The molecule has 3 aromatic rings. The molecule has 0 saturated carbocycles. The molecule has 0 saturated heterocycles. The SMILES string of the molecule is COCCNS(=O)(=O)c1ccc(OCC(=O)Nc2cccc(-c3nc(C)cc(=O)[nH]3)c2)cc1. The zero-order valence-corrected chi connectivity index (χ0v) is 18.9. The fourth-order valence-corrected chi connectivity index (χ4v) is 3.90. The number of methoxy groups -OCH3 is 1. The number of hydrogen-bond acceptors (Lipinski definition) is 7. The van der Waals surface area contributed by atoms with Crippen LogP contribution in [0.1, 0.15) is 5.69 Å². The molecule has 0 radical (unpaired) electrons. The van der Waals surface area contributed by atoms with E-state index in [1.54, 1.807) is 31.2 Å². The van der Waals surface area contributed by atoms with E-state index in [-0.39, 0.29) is 30.2 Å². The van der Waals surface area contributed by atoms with E-state index in [9.17, 15) is 18.0 Å². The van der Waals surface area contributed by atoms with E-state index in [2.05, 4.69) is 20.0 Å². The number of nitrogens with one attached hydrogen (secondary N) is 3. The minimum Gasteiger partial charge on any atom is -0.484 e. The van der Waals surface area contributed by atoms with Crippen molar-refractivity contribution in [2.24, 2.45) is 0 Å². The van der Waals surface area contributed by atoms with Crippen LogP contribution in [0.25, 0.3) is 11.4 Å². The molecule has 0 spiro atoms. The maximum Gasteiger partial charge on any atom is 0.262 e. The minimum atomic E-state index is -3.65. The molecule has 0 atom stereocenters. The van der Waals surface area contributed by atoms with Crippen LogP contribution in [0.3, 0.4) is 0 Å². The third-order valence-corrected chi connectivity index (χ3v) is 5.87. The van der Waals surface area contributed by atoms with E-state index in [1.165, 1.54) is 37.4 Å². The summed E-state index contributed by atoms with van der Waals surface area (Å²) in [5.41, 5.74) is 1.48. The number of H-pyrrole nitrogens is 1. The Morgan fingerprint density at radius 2 is 1.88 bits per heavy atom. The number of carbonyl (C=O) groups excluding carboxylic acids is 1. The van der Waals surface area contributed by atoms with Gasteiger partial charge >= 0.3 is 0 Å². The van der Waals surface area contributed by atoms with Crippen LogP contribution in [-0.4, -0.2) is 51.2 Å². The highest BCUT2D eigenvalue weighted by molar-refractivity contribution is 7.89. The van der Waals surface area contributed by atoms with Gasteiger partial charge in [-0.3, -0.25) is 9.59 Å². The van der Waals surface area contributed by atoms with Gasteiger partial charge in [0, 0.05) is 36.7 Å². The second-order valence-electron chi connectivity index (χ2n) is 7.02. The molecule has 11 heteroatoms. The lowest BCUT2D eigenvalue weighted by atomic mass is 10.2. The first-order valence-corrected chi connectivity index (χ1v) is 11.4. The Morgan fingerprint density at radius 1 is 1.12 bits per heavy atom. The Bertz CT molecular complexity index is 1270. The van der Waals surface area contributed by atoms with Crippen molar-refractivity contribution in [2.45, 2.75) is 11.8 Å². The van der Waals surface area contributed by atoms with Gasteiger partial charge in [-0.05, 0) is 43.3 Å². The van der Waals surface area contributed by atoms with E-state index in [0.717, 1.165) is 0 Å². The van der Waals surface area contributed by atoms with Gasteiger partial charge in [-0.15, -0.1) is 0 Å². The molecule has 0 aliphatic rings. The van der Waals surface area contributed by atoms with Crippen molar-refractivity contribution in [3.8, 4) is 17.1 Å². The number of rotatable bonds is 10. The van der Waals surface area contributed by atoms with Crippen LogP contribution < -0.4 is 20.3 Å². The number of sulfonamides is 1. The summed E-state index contributed by atoms with van der Waals surface area (Å²) in [5, 5.41) is 2.71. The molecule has 1 amide bonds. The smallest absolute Gasteiger partial charge is 0.262 e. The minimum absolute atomic E-state index is 0.0787. The summed E-state index contributed by atoms with van der Waals surface area (Å²) in [6.45, 7) is 1.87. The Labute approximate surface area is 191 Å². The van der Waals surface area contributed by atoms with Gasteiger partial charge in [0.2, 0.25) is 10.0 Å². The zero-order valence-electron chi connectivity index (χ0n) is 18.1. The van der Waals surface area contributed by atoms with Crippen LogP contribution in [0.4, 0.5) is 5.69 Å². The molecule has 174 valence electrons. The predicted molar refractivity (Wildman–Crippen MR) is 123 cm³/mol. The molecule has 0 bridgehead atoms. The highest BCUT2D eigenvalue weighted by Crippen LogP contribution is 2.19. The van der Waals surface area contributed by atoms with Crippen molar-refractivity contribution >= 4 is 21.6 Å². The molecular formula is C22H24N4O6S. The van der Waals surface area contributed by atoms with Gasteiger partial charge < -0.3 is 19.8 Å². The molecule has 0 aliphatic carbocycles.